The van der Waals surface area contributed by atoms with E-state index in [1.807, 2.05) is 29.2 Å². The molecule has 7 heteroatoms. The first-order chi connectivity index (χ1) is 12.3. The van der Waals surface area contributed by atoms with Crippen molar-refractivity contribution < 1.29 is 4.79 Å². The Kier molecular flexibility index (Phi) is 4.45. The number of fused-ring (bicyclic) bond motifs is 1. The fourth-order valence-corrected chi connectivity index (χ4v) is 3.55. The number of carbonyl (C=O) groups is 1. The van der Waals surface area contributed by atoms with Crippen molar-refractivity contribution >= 4 is 16.9 Å². The SMILES string of the molecule is O=C(CCn1cncn1)N1CCCC(Cc2nc3ccccc3[nH]2)C1. The number of imidazole rings is 1. The predicted molar refractivity (Wildman–Crippen MR) is 93.7 cm³/mol. The average Bonchev–Trinajstić information content (AvgIpc) is 3.28. The third-order valence-corrected chi connectivity index (χ3v) is 4.81. The molecular weight excluding hydrogens is 316 g/mol. The molecule has 0 saturated carbocycles. The molecule has 1 N–H and O–H groups in total. The van der Waals surface area contributed by atoms with Crippen molar-refractivity contribution in [1.29, 1.82) is 0 Å². The normalized spacial score (nSPS) is 17.9. The zero-order chi connectivity index (χ0) is 17.1. The maximum Gasteiger partial charge on any atom is 0.224 e. The lowest BCUT2D eigenvalue weighted by Crippen LogP contribution is -2.40. The van der Waals surface area contributed by atoms with E-state index in [1.54, 1.807) is 11.0 Å². The molecule has 0 spiro atoms. The van der Waals surface area contributed by atoms with E-state index in [0.717, 1.165) is 49.2 Å². The maximum atomic E-state index is 12.5. The summed E-state index contributed by atoms with van der Waals surface area (Å²) in [6.45, 7) is 2.25. The summed E-state index contributed by atoms with van der Waals surface area (Å²) < 4.78 is 1.70. The number of para-hydroxylation sites is 2. The Morgan fingerprint density at radius 3 is 3.08 bits per heavy atom. The van der Waals surface area contributed by atoms with Gasteiger partial charge < -0.3 is 9.88 Å². The van der Waals surface area contributed by atoms with Gasteiger partial charge in [0.2, 0.25) is 5.91 Å². The lowest BCUT2D eigenvalue weighted by molar-refractivity contribution is -0.133. The molecule has 3 aromatic rings. The molecule has 1 aliphatic rings. The summed E-state index contributed by atoms with van der Waals surface area (Å²) in [5, 5.41) is 4.05. The number of carbonyl (C=O) groups excluding carboxylic acids is 1. The van der Waals surface area contributed by atoms with Gasteiger partial charge in [-0.2, -0.15) is 5.10 Å². The zero-order valence-electron chi connectivity index (χ0n) is 14.1. The minimum atomic E-state index is 0.199. The van der Waals surface area contributed by atoms with Crippen LogP contribution >= 0.6 is 0 Å². The molecule has 130 valence electrons. The highest BCUT2D eigenvalue weighted by Gasteiger charge is 2.24. The van der Waals surface area contributed by atoms with Crippen LogP contribution in [0.4, 0.5) is 0 Å². The van der Waals surface area contributed by atoms with E-state index in [9.17, 15) is 4.79 Å². The molecule has 2 aromatic heterocycles. The fraction of sp³-hybridized carbons (Fsp3) is 0.444. The third-order valence-electron chi connectivity index (χ3n) is 4.81. The zero-order valence-corrected chi connectivity index (χ0v) is 14.1. The van der Waals surface area contributed by atoms with Crippen LogP contribution in [0.25, 0.3) is 11.0 Å². The molecule has 1 aliphatic heterocycles. The summed E-state index contributed by atoms with van der Waals surface area (Å²) >= 11 is 0. The molecular formula is C18H22N6O. The first-order valence-electron chi connectivity index (χ1n) is 8.82. The molecule has 3 heterocycles. The molecule has 7 nitrogen and oxygen atoms in total. The van der Waals surface area contributed by atoms with Gasteiger partial charge in [-0.25, -0.2) is 9.97 Å². The number of piperidine rings is 1. The van der Waals surface area contributed by atoms with Crippen LogP contribution in [0.5, 0.6) is 0 Å². The molecule has 1 saturated heterocycles. The molecule has 1 fully saturated rings. The van der Waals surface area contributed by atoms with Gasteiger partial charge in [0.1, 0.15) is 18.5 Å². The number of H-pyrrole nitrogens is 1. The van der Waals surface area contributed by atoms with Gasteiger partial charge in [-0.15, -0.1) is 0 Å². The number of likely N-dealkylation sites (tertiary alicyclic amines) is 1. The summed E-state index contributed by atoms with van der Waals surface area (Å²) in [6, 6.07) is 8.09. The first-order valence-corrected chi connectivity index (χ1v) is 8.82. The van der Waals surface area contributed by atoms with Crippen molar-refractivity contribution in [3.63, 3.8) is 0 Å². The van der Waals surface area contributed by atoms with E-state index in [-0.39, 0.29) is 5.91 Å². The number of hydrogen-bond donors (Lipinski definition) is 1. The summed E-state index contributed by atoms with van der Waals surface area (Å²) in [7, 11) is 0. The average molecular weight is 338 g/mol. The number of aromatic nitrogens is 5. The Bertz CT molecular complexity index is 807. The second kappa shape index (κ2) is 7.04. The smallest absolute Gasteiger partial charge is 0.224 e. The highest BCUT2D eigenvalue weighted by molar-refractivity contribution is 5.76. The Morgan fingerprint density at radius 1 is 1.32 bits per heavy atom. The monoisotopic (exact) mass is 338 g/mol. The van der Waals surface area contributed by atoms with Crippen LogP contribution in [0.2, 0.25) is 0 Å². The lowest BCUT2D eigenvalue weighted by atomic mass is 9.94. The van der Waals surface area contributed by atoms with Crippen molar-refractivity contribution in [2.75, 3.05) is 13.1 Å². The summed E-state index contributed by atoms with van der Waals surface area (Å²) in [5.74, 6) is 1.68. The van der Waals surface area contributed by atoms with E-state index >= 15 is 0 Å². The molecule has 0 aliphatic carbocycles. The van der Waals surface area contributed by atoms with Crippen molar-refractivity contribution in [3.8, 4) is 0 Å². The number of amides is 1. The second-order valence-corrected chi connectivity index (χ2v) is 6.66. The number of nitrogens with one attached hydrogen (secondary N) is 1. The van der Waals surface area contributed by atoms with Crippen molar-refractivity contribution in [1.82, 2.24) is 29.6 Å². The lowest BCUT2D eigenvalue weighted by Gasteiger charge is -2.32. The Hall–Kier alpha value is -2.70. The van der Waals surface area contributed by atoms with Gasteiger partial charge in [-0.3, -0.25) is 9.48 Å². The quantitative estimate of drug-likeness (QED) is 0.772. The Balaban J connectivity index is 1.34. The van der Waals surface area contributed by atoms with Gasteiger partial charge in [0, 0.05) is 25.9 Å². The van der Waals surface area contributed by atoms with Crippen LogP contribution < -0.4 is 0 Å². The molecule has 1 atom stereocenters. The van der Waals surface area contributed by atoms with Gasteiger partial charge in [0.25, 0.3) is 0 Å². The number of benzene rings is 1. The Labute approximate surface area is 146 Å². The topological polar surface area (TPSA) is 79.7 Å². The van der Waals surface area contributed by atoms with Crippen molar-refractivity contribution in [2.24, 2.45) is 5.92 Å². The number of nitrogens with zero attached hydrogens (tertiary/aromatic N) is 5. The summed E-state index contributed by atoms with van der Waals surface area (Å²) in [6.07, 6.45) is 6.70. The van der Waals surface area contributed by atoms with Gasteiger partial charge in [0.05, 0.1) is 17.6 Å². The molecule has 1 unspecified atom stereocenters. The van der Waals surface area contributed by atoms with E-state index in [2.05, 4.69) is 20.1 Å². The standard InChI is InChI=1S/C18H22N6O/c25-18(7-9-24-13-19-12-20-24)23-8-3-4-14(11-23)10-17-21-15-5-1-2-6-16(15)22-17/h1-2,5-6,12-14H,3-4,7-11H2,(H,21,22). The van der Waals surface area contributed by atoms with Crippen LogP contribution in [0.15, 0.2) is 36.9 Å². The van der Waals surface area contributed by atoms with Crippen LogP contribution in [0.1, 0.15) is 25.1 Å². The van der Waals surface area contributed by atoms with Crippen LogP contribution in [-0.4, -0.2) is 48.6 Å². The minimum absolute atomic E-state index is 0.199. The first kappa shape index (κ1) is 15.8. The number of rotatable bonds is 5. The van der Waals surface area contributed by atoms with Crippen molar-refractivity contribution in [2.45, 2.75) is 32.2 Å². The number of aromatic amines is 1. The minimum Gasteiger partial charge on any atom is -0.342 e. The van der Waals surface area contributed by atoms with Crippen LogP contribution in [0.3, 0.4) is 0 Å². The van der Waals surface area contributed by atoms with Gasteiger partial charge in [0.15, 0.2) is 0 Å². The maximum absolute atomic E-state index is 12.5. The largest absolute Gasteiger partial charge is 0.342 e. The third kappa shape index (κ3) is 3.70. The van der Waals surface area contributed by atoms with Crippen LogP contribution in [-0.2, 0) is 17.8 Å². The molecule has 0 bridgehead atoms. The number of aryl methyl sites for hydroxylation is 1. The van der Waals surface area contributed by atoms with E-state index in [0.29, 0.717) is 18.9 Å². The molecule has 4 rings (SSSR count). The number of hydrogen-bond acceptors (Lipinski definition) is 4. The predicted octanol–water partition coefficient (Wildman–Crippen LogP) is 2.03. The molecule has 25 heavy (non-hydrogen) atoms. The fourth-order valence-electron chi connectivity index (χ4n) is 3.55. The van der Waals surface area contributed by atoms with E-state index in [4.69, 9.17) is 0 Å². The highest BCUT2D eigenvalue weighted by Crippen LogP contribution is 2.22. The van der Waals surface area contributed by atoms with Gasteiger partial charge >= 0.3 is 0 Å². The summed E-state index contributed by atoms with van der Waals surface area (Å²) in [5.41, 5.74) is 2.09. The van der Waals surface area contributed by atoms with E-state index < -0.39 is 0 Å². The molecule has 0 radical (unpaired) electrons. The van der Waals surface area contributed by atoms with Crippen LogP contribution in [0, 0.1) is 5.92 Å². The summed E-state index contributed by atoms with van der Waals surface area (Å²) in [4.78, 5) is 26.4. The van der Waals surface area contributed by atoms with Gasteiger partial charge in [-0.1, -0.05) is 12.1 Å². The highest BCUT2D eigenvalue weighted by atomic mass is 16.2. The van der Waals surface area contributed by atoms with Crippen molar-refractivity contribution in [3.05, 3.63) is 42.7 Å². The molecule has 1 amide bonds. The van der Waals surface area contributed by atoms with Gasteiger partial charge in [-0.05, 0) is 30.9 Å². The molecule has 1 aromatic carbocycles. The Morgan fingerprint density at radius 2 is 2.24 bits per heavy atom. The van der Waals surface area contributed by atoms with E-state index in [1.165, 1.54) is 6.33 Å². The second-order valence-electron chi connectivity index (χ2n) is 6.66.